The van der Waals surface area contributed by atoms with E-state index in [1.54, 1.807) is 0 Å². The third-order valence-corrected chi connectivity index (χ3v) is 1.60. The van der Waals surface area contributed by atoms with Crippen molar-refractivity contribution < 1.29 is 22.4 Å². The standard InChI is InChI=1S/C5H12ClNO.ClH/c1-7(2)5(3-6)4-8;/h5,8H,3-4H2,1-2H3;1H. The van der Waals surface area contributed by atoms with Crippen LogP contribution in [-0.2, 0) is 0 Å². The summed E-state index contributed by atoms with van der Waals surface area (Å²) in [5.41, 5.74) is 0. The minimum absolute atomic E-state index is 0. The highest BCUT2D eigenvalue weighted by Gasteiger charge is 2.09. The fourth-order valence-corrected chi connectivity index (χ4v) is 0.792. The predicted molar refractivity (Wildman–Crippen MR) is 34.4 cm³/mol. The molecule has 0 aromatic rings. The van der Waals surface area contributed by atoms with Crippen LogP contribution >= 0.6 is 11.6 Å². The van der Waals surface area contributed by atoms with Gasteiger partial charge in [-0.25, -0.2) is 0 Å². The van der Waals surface area contributed by atoms with E-state index in [0.29, 0.717) is 5.88 Å². The monoisotopic (exact) mass is 173 g/mol. The zero-order valence-corrected chi connectivity index (χ0v) is 7.21. The number of hydrogen-bond donors (Lipinski definition) is 2. The van der Waals surface area contributed by atoms with Gasteiger partial charge in [-0.1, -0.05) is 0 Å². The maximum absolute atomic E-state index is 8.59. The van der Waals surface area contributed by atoms with Crippen molar-refractivity contribution in [1.82, 2.24) is 0 Å². The highest BCUT2D eigenvalue weighted by molar-refractivity contribution is 6.18. The summed E-state index contributed by atoms with van der Waals surface area (Å²) in [4.78, 5) is 1.20. The van der Waals surface area contributed by atoms with Gasteiger partial charge in [-0.15, -0.1) is 11.6 Å². The summed E-state index contributed by atoms with van der Waals surface area (Å²) in [6.07, 6.45) is 0. The third-order valence-electron chi connectivity index (χ3n) is 1.22. The van der Waals surface area contributed by atoms with Crippen molar-refractivity contribution >= 4 is 11.6 Å². The van der Waals surface area contributed by atoms with Crippen molar-refractivity contribution in [3.05, 3.63) is 0 Å². The highest BCUT2D eigenvalue weighted by atomic mass is 35.5. The third kappa shape index (κ3) is 4.97. The molecule has 0 rings (SSSR count). The molecule has 1 unspecified atom stereocenters. The number of aliphatic hydroxyl groups is 1. The molecule has 0 aromatic carbocycles. The normalized spacial score (nSPS) is 13.0. The molecule has 0 saturated carbocycles. The van der Waals surface area contributed by atoms with Crippen LogP contribution < -0.4 is 17.3 Å². The van der Waals surface area contributed by atoms with Crippen molar-refractivity contribution in [2.24, 2.45) is 0 Å². The van der Waals surface area contributed by atoms with Gasteiger partial charge in [-0.05, 0) is 0 Å². The average molecular weight is 174 g/mol. The molecule has 1 atom stereocenters. The Bertz CT molecular complexity index is 56.9. The molecule has 9 heavy (non-hydrogen) atoms. The van der Waals surface area contributed by atoms with Gasteiger partial charge >= 0.3 is 0 Å². The summed E-state index contributed by atoms with van der Waals surface area (Å²) in [6.45, 7) is 0.172. The molecule has 0 bridgehead atoms. The van der Waals surface area contributed by atoms with Crippen molar-refractivity contribution in [2.75, 3.05) is 26.6 Å². The van der Waals surface area contributed by atoms with Crippen LogP contribution in [0, 0.1) is 0 Å². The zero-order valence-electron chi connectivity index (χ0n) is 5.69. The highest BCUT2D eigenvalue weighted by Crippen LogP contribution is 1.78. The summed E-state index contributed by atoms with van der Waals surface area (Å²) in [6, 6.07) is 0.191. The summed E-state index contributed by atoms with van der Waals surface area (Å²) >= 11 is 5.48. The van der Waals surface area contributed by atoms with E-state index in [2.05, 4.69) is 0 Å². The van der Waals surface area contributed by atoms with Gasteiger partial charge in [0.2, 0.25) is 0 Å². The molecule has 2 nitrogen and oxygen atoms in total. The first kappa shape index (κ1) is 12.2. The van der Waals surface area contributed by atoms with Gasteiger partial charge < -0.3 is 22.4 Å². The van der Waals surface area contributed by atoms with E-state index in [1.807, 2.05) is 14.1 Å². The first-order valence-electron chi connectivity index (χ1n) is 2.69. The lowest BCUT2D eigenvalue weighted by molar-refractivity contribution is -0.883. The van der Waals surface area contributed by atoms with Gasteiger partial charge in [0.05, 0.1) is 26.6 Å². The maximum atomic E-state index is 8.59. The largest absolute Gasteiger partial charge is 1.00 e. The van der Waals surface area contributed by atoms with Crippen molar-refractivity contribution in [2.45, 2.75) is 6.04 Å². The molecule has 0 fully saturated rings. The van der Waals surface area contributed by atoms with Gasteiger partial charge in [0, 0.05) is 0 Å². The van der Waals surface area contributed by atoms with Crippen LogP contribution in [0.15, 0.2) is 0 Å². The van der Waals surface area contributed by atoms with E-state index in [1.165, 1.54) is 4.90 Å². The lowest BCUT2D eigenvalue weighted by Gasteiger charge is -2.15. The van der Waals surface area contributed by atoms with E-state index in [-0.39, 0.29) is 25.1 Å². The topological polar surface area (TPSA) is 24.7 Å². The number of alkyl halides is 1. The summed E-state index contributed by atoms with van der Waals surface area (Å²) in [5.74, 6) is 0.527. The number of aliphatic hydroxyl groups excluding tert-OH is 1. The van der Waals surface area contributed by atoms with E-state index >= 15 is 0 Å². The number of quaternary nitrogens is 1. The molecule has 58 valence electrons. The molecule has 0 aliphatic carbocycles. The molecule has 0 saturated heterocycles. The molecule has 0 aromatic heterocycles. The minimum Gasteiger partial charge on any atom is -1.00 e. The number of likely N-dealkylation sites (N-methyl/N-ethyl adjacent to an activating group) is 1. The Morgan fingerprint density at radius 3 is 2.00 bits per heavy atom. The SMILES string of the molecule is C[NH+](C)C(CO)CCl.[Cl-]. The second kappa shape index (κ2) is 6.62. The summed E-state index contributed by atoms with van der Waals surface area (Å²) < 4.78 is 0. The smallest absolute Gasteiger partial charge is 0.124 e. The van der Waals surface area contributed by atoms with E-state index in [4.69, 9.17) is 16.7 Å². The van der Waals surface area contributed by atoms with Gasteiger partial charge in [-0.2, -0.15) is 0 Å². The first-order chi connectivity index (χ1) is 3.72. The van der Waals surface area contributed by atoms with Gasteiger partial charge in [0.25, 0.3) is 0 Å². The number of nitrogens with one attached hydrogen (secondary N) is 1. The zero-order chi connectivity index (χ0) is 6.57. The van der Waals surface area contributed by atoms with Crippen LogP contribution in [0.3, 0.4) is 0 Å². The average Bonchev–Trinajstić information content (AvgIpc) is 1.69. The van der Waals surface area contributed by atoms with Crippen molar-refractivity contribution in [1.29, 1.82) is 0 Å². The summed E-state index contributed by atoms with van der Waals surface area (Å²) in [7, 11) is 3.95. The molecule has 0 aliphatic rings. The van der Waals surface area contributed by atoms with Crippen molar-refractivity contribution in [3.8, 4) is 0 Å². The van der Waals surface area contributed by atoms with Crippen LogP contribution in [0.4, 0.5) is 0 Å². The quantitative estimate of drug-likeness (QED) is 0.416. The first-order valence-corrected chi connectivity index (χ1v) is 3.22. The molecule has 2 N–H and O–H groups in total. The fourth-order valence-electron chi connectivity index (χ4n) is 0.386. The number of rotatable bonds is 3. The fraction of sp³-hybridized carbons (Fsp3) is 1.00. The Morgan fingerprint density at radius 2 is 2.00 bits per heavy atom. The summed E-state index contributed by atoms with van der Waals surface area (Å²) in [5, 5.41) is 8.59. The molecule has 4 heteroatoms. The number of halogens is 2. The van der Waals surface area contributed by atoms with Crippen LogP contribution in [0.1, 0.15) is 0 Å². The van der Waals surface area contributed by atoms with Crippen LogP contribution in [0.5, 0.6) is 0 Å². The Balaban J connectivity index is 0. The van der Waals surface area contributed by atoms with Crippen LogP contribution in [0.2, 0.25) is 0 Å². The Kier molecular flexibility index (Phi) is 8.97. The van der Waals surface area contributed by atoms with E-state index in [0.717, 1.165) is 0 Å². The van der Waals surface area contributed by atoms with E-state index < -0.39 is 0 Å². The predicted octanol–water partition coefficient (Wildman–Crippen LogP) is -4.27. The molecular formula is C5H13Cl2NO. The molecular weight excluding hydrogens is 161 g/mol. The molecule has 0 spiro atoms. The Hall–Kier alpha value is 0.500. The van der Waals surface area contributed by atoms with Gasteiger partial charge in [-0.3, -0.25) is 0 Å². The molecule has 0 aliphatic heterocycles. The lowest BCUT2D eigenvalue weighted by atomic mass is 10.3. The Morgan fingerprint density at radius 1 is 1.56 bits per heavy atom. The second-order valence-electron chi connectivity index (χ2n) is 2.11. The van der Waals surface area contributed by atoms with Crippen LogP contribution in [0.25, 0.3) is 0 Å². The van der Waals surface area contributed by atoms with Crippen molar-refractivity contribution in [3.63, 3.8) is 0 Å². The van der Waals surface area contributed by atoms with Crippen LogP contribution in [-0.4, -0.2) is 37.7 Å². The second-order valence-corrected chi connectivity index (χ2v) is 2.42. The molecule has 0 radical (unpaired) electrons. The maximum Gasteiger partial charge on any atom is 0.124 e. The minimum atomic E-state index is 0. The van der Waals surface area contributed by atoms with Gasteiger partial charge in [0.15, 0.2) is 0 Å². The van der Waals surface area contributed by atoms with E-state index in [9.17, 15) is 0 Å². The van der Waals surface area contributed by atoms with Gasteiger partial charge in [0.1, 0.15) is 6.04 Å². The lowest BCUT2D eigenvalue weighted by Crippen LogP contribution is -3.11. The molecule has 0 heterocycles. The molecule has 0 amide bonds. The Labute approximate surface area is 67.2 Å². The number of hydrogen-bond acceptors (Lipinski definition) is 1.